The van der Waals surface area contributed by atoms with E-state index in [9.17, 15) is 57.5 Å². The number of anilines is 2. The minimum absolute atomic E-state index is 0.0983. The number of hydrogen-bond acceptors (Lipinski definition) is 16. The molecule has 24 heteroatoms. The van der Waals surface area contributed by atoms with Gasteiger partial charge in [0.2, 0.25) is 23.6 Å². The van der Waals surface area contributed by atoms with E-state index in [1.807, 2.05) is 128 Å². The van der Waals surface area contributed by atoms with Crippen molar-refractivity contribution < 1.29 is 57.5 Å². The normalized spacial score (nSPS) is 13.9. The van der Waals surface area contributed by atoms with Crippen LogP contribution in [-0.4, -0.2) is 136 Å². The Morgan fingerprint density at radius 2 is 1.02 bits per heavy atom. The van der Waals surface area contributed by atoms with Gasteiger partial charge in [-0.1, -0.05) is 70.9 Å². The maximum absolute atomic E-state index is 14.4. The molecule has 3 rings (SSSR count). The molecule has 7 amide bonds. The van der Waals surface area contributed by atoms with Crippen LogP contribution in [0.1, 0.15) is 161 Å². The summed E-state index contributed by atoms with van der Waals surface area (Å²) in [6, 6.07) is 18.5. The molecule has 16 N–H and O–H groups in total. The Labute approximate surface area is 567 Å². The summed E-state index contributed by atoms with van der Waals surface area (Å²) in [6.07, 6.45) is 1.04. The summed E-state index contributed by atoms with van der Waals surface area (Å²) in [4.78, 5) is 163. The Bertz CT molecular complexity index is 3030. The molecular formula is C71H107N11O12Se. The number of para-hydroxylation sites is 1. The number of primary amides is 2. The van der Waals surface area contributed by atoms with Gasteiger partial charge in [0.15, 0.2) is 5.78 Å². The maximum atomic E-state index is 14.4. The van der Waals surface area contributed by atoms with Crippen molar-refractivity contribution in [2.75, 3.05) is 31.5 Å². The Kier molecular flexibility index (Phi) is 37.5. The quantitative estimate of drug-likeness (QED) is 0.0275. The Hall–Kier alpha value is -7.50. The van der Waals surface area contributed by atoms with E-state index in [2.05, 4.69) is 31.9 Å². The number of rotatable bonds is 49. The van der Waals surface area contributed by atoms with Crippen LogP contribution < -0.4 is 65.0 Å². The number of ketones is 5. The standard InChI is InChI=1S/C71H107N11O12Se/c1-43(2)31-51(70(93)80-58(33-45(5)6)63(87)38-50(23-15-17-30-73)69(92)81-60(39-65(75)88)62(86)37-49(67(76)90)22-14-16-29-72)35-53(83)41-78-68(91)52(42-95-64-26-18-25-57(47(64)8)79-56-24-13-12-19-46(56)7)36-54(84)40-77-66(89)28-27-61(85)59(34-48-20-10-9-11-21-48)82-71(94)55(74)32-44(3)4/h9-13,18-21,24-26,43-45,49-52,55,58-60,79H,14-17,22-23,27-42,72-74H2,1-8H3,(H2,75,88)(H2,76,90)(H,77,89)(H,78,91)(H,80,93)(H,81,92)(H,82,94)/t49-,50-,51-,52+,55+,58+,59+,60+/m1/s1. The van der Waals surface area contributed by atoms with Crippen LogP contribution in [-0.2, 0) is 64.0 Å². The van der Waals surface area contributed by atoms with Crippen molar-refractivity contribution in [1.29, 1.82) is 0 Å². The second kappa shape index (κ2) is 43.5. The van der Waals surface area contributed by atoms with Crippen molar-refractivity contribution in [3.05, 3.63) is 89.5 Å². The number of nitrogens with one attached hydrogen (secondary N) is 6. The van der Waals surface area contributed by atoms with Crippen LogP contribution in [0, 0.1) is 55.3 Å². The molecule has 95 heavy (non-hydrogen) atoms. The van der Waals surface area contributed by atoms with E-state index in [1.165, 1.54) is 0 Å². The molecule has 0 aliphatic rings. The van der Waals surface area contributed by atoms with Crippen molar-refractivity contribution >= 4 is 101 Å². The van der Waals surface area contributed by atoms with Gasteiger partial charge in [-0.2, -0.15) is 0 Å². The molecule has 23 nitrogen and oxygen atoms in total. The van der Waals surface area contributed by atoms with Crippen molar-refractivity contribution in [2.24, 2.45) is 70.1 Å². The Morgan fingerprint density at radius 3 is 1.62 bits per heavy atom. The first-order chi connectivity index (χ1) is 45.0. The second-order valence-corrected chi connectivity index (χ2v) is 28.5. The first-order valence-corrected chi connectivity index (χ1v) is 35.5. The monoisotopic (exact) mass is 1390 g/mol. The summed E-state index contributed by atoms with van der Waals surface area (Å²) in [6.45, 7) is 15.0. The first-order valence-electron chi connectivity index (χ1n) is 33.4. The van der Waals surface area contributed by atoms with Crippen LogP contribution in [0.4, 0.5) is 11.4 Å². The third kappa shape index (κ3) is 31.7. The number of carbonyl (C=O) groups is 12. The topological polar surface area (TPSA) is 407 Å². The molecule has 0 bridgehead atoms. The summed E-state index contributed by atoms with van der Waals surface area (Å²) in [7, 11) is 0. The van der Waals surface area contributed by atoms with Crippen molar-refractivity contribution in [3.63, 3.8) is 0 Å². The fourth-order valence-electron chi connectivity index (χ4n) is 11.0. The fraction of sp³-hybridized carbons (Fsp3) is 0.577. The molecule has 0 aliphatic carbocycles. The van der Waals surface area contributed by atoms with Crippen molar-refractivity contribution in [1.82, 2.24) is 26.6 Å². The van der Waals surface area contributed by atoms with Gasteiger partial charge >= 0.3 is 301 Å². The third-order valence-corrected chi connectivity index (χ3v) is 19.2. The van der Waals surface area contributed by atoms with Crippen LogP contribution in [0.3, 0.4) is 0 Å². The SMILES string of the molecule is Cc1ccccc1Nc1cccc([Se]C[C@H](CC(=O)CNC(=O)CCC(=O)[C@H](Cc2ccccc2)NC(=O)[C@@H](N)CC(C)C)C(=O)NCC(=O)C[C@@H](CC(C)C)C(=O)N[C@@H](CC(C)C)C(=O)C[C@@H](CCCCN)C(=O)N[C@@H](CC(N)=O)C(=O)C[C@@H](CCCCN)C(N)=O)c1C. The van der Waals surface area contributed by atoms with E-state index >= 15 is 0 Å². The van der Waals surface area contributed by atoms with Gasteiger partial charge in [-0.25, -0.2) is 0 Å². The molecule has 8 atom stereocenters. The van der Waals surface area contributed by atoms with Gasteiger partial charge in [0.1, 0.15) is 0 Å². The van der Waals surface area contributed by atoms with Gasteiger partial charge in [0, 0.05) is 24.7 Å². The summed E-state index contributed by atoms with van der Waals surface area (Å²) in [5, 5.41) is 17.3. The molecule has 0 radical (unpaired) electrons. The molecule has 0 heterocycles. The van der Waals surface area contributed by atoms with Gasteiger partial charge < -0.3 is 34.0 Å². The summed E-state index contributed by atoms with van der Waals surface area (Å²) in [5.41, 5.74) is 33.3. The molecule has 3 aromatic carbocycles. The number of hydrogen-bond donors (Lipinski definition) is 11. The predicted octanol–water partition coefficient (Wildman–Crippen LogP) is 4.46. The Balaban J connectivity index is 1.82. The van der Waals surface area contributed by atoms with Gasteiger partial charge in [-0.3, -0.25) is 28.8 Å². The molecule has 524 valence electrons. The van der Waals surface area contributed by atoms with Crippen molar-refractivity contribution in [3.8, 4) is 0 Å². The van der Waals surface area contributed by atoms with E-state index in [0.717, 1.165) is 32.5 Å². The van der Waals surface area contributed by atoms with Gasteiger partial charge in [0.25, 0.3) is 0 Å². The van der Waals surface area contributed by atoms with E-state index in [-0.39, 0.29) is 109 Å². The second-order valence-electron chi connectivity index (χ2n) is 26.3. The zero-order valence-electron chi connectivity index (χ0n) is 57.0. The number of aryl methyl sites for hydroxylation is 1. The summed E-state index contributed by atoms with van der Waals surface area (Å²) in [5.74, 6) is -10.9. The van der Waals surface area contributed by atoms with Gasteiger partial charge in [-0.05, 0) is 62.6 Å². The number of benzene rings is 3. The van der Waals surface area contributed by atoms with E-state index in [0.29, 0.717) is 45.2 Å². The number of unbranched alkanes of at least 4 members (excludes halogenated alkanes) is 2. The number of amides is 7. The zero-order chi connectivity index (χ0) is 70.7. The number of Topliss-reactive ketones (excluding diaryl/α,β-unsaturated/α-hetero) is 5. The molecule has 0 aliphatic heterocycles. The molecule has 0 spiro atoms. The van der Waals surface area contributed by atoms with E-state index in [1.54, 1.807) is 0 Å². The first kappa shape index (κ1) is 81.7. The van der Waals surface area contributed by atoms with E-state index < -0.39 is 138 Å². The van der Waals surface area contributed by atoms with Crippen LogP contribution in [0.2, 0.25) is 5.32 Å². The Morgan fingerprint density at radius 1 is 0.484 bits per heavy atom. The molecule has 0 aromatic heterocycles. The van der Waals surface area contributed by atoms with Crippen LogP contribution in [0.5, 0.6) is 0 Å². The van der Waals surface area contributed by atoms with Gasteiger partial charge in [0.05, 0.1) is 18.5 Å². The molecule has 0 saturated heterocycles. The summed E-state index contributed by atoms with van der Waals surface area (Å²) < 4.78 is 0.961. The minimum atomic E-state index is -1.41. The zero-order valence-corrected chi connectivity index (χ0v) is 58.7. The van der Waals surface area contributed by atoms with Crippen molar-refractivity contribution in [2.45, 2.75) is 194 Å². The molecule has 0 saturated carbocycles. The van der Waals surface area contributed by atoms with Crippen LogP contribution in [0.25, 0.3) is 0 Å². The van der Waals surface area contributed by atoms with Crippen LogP contribution >= 0.6 is 0 Å². The molecule has 3 aromatic rings. The molecule has 0 fully saturated rings. The van der Waals surface area contributed by atoms with Crippen LogP contribution in [0.15, 0.2) is 72.8 Å². The fourth-order valence-corrected chi connectivity index (χ4v) is 13.4. The van der Waals surface area contributed by atoms with E-state index in [4.69, 9.17) is 28.7 Å². The predicted molar refractivity (Wildman–Crippen MR) is 370 cm³/mol. The molecule has 0 unspecified atom stereocenters. The van der Waals surface area contributed by atoms with Gasteiger partial charge in [-0.15, -0.1) is 0 Å². The summed E-state index contributed by atoms with van der Waals surface area (Å²) >= 11 is -0.388. The number of nitrogens with two attached hydrogens (primary N) is 5. The third-order valence-electron chi connectivity index (χ3n) is 16.4. The average molecular weight is 1390 g/mol. The molecular weight excluding hydrogens is 1280 g/mol. The average Bonchev–Trinajstić information content (AvgIpc) is 0.879. The number of carbonyl (C=O) groups excluding carboxylic acids is 12.